The number of hydrogen-bond acceptors (Lipinski definition) is 5. The number of rotatable bonds is 4. The zero-order chi connectivity index (χ0) is 19.9. The average Bonchev–Trinajstić information content (AvgIpc) is 2.95. The highest BCUT2D eigenvalue weighted by atomic mass is 79.9. The molecule has 27 heavy (non-hydrogen) atoms. The molecule has 0 bridgehead atoms. The summed E-state index contributed by atoms with van der Waals surface area (Å²) in [7, 11) is 2.87. The standard InChI is InChI=1S/C17H16BrN5O4/c1-9(24)10-4-6-11(7-5-10)19-12(25)8-23-13-14(20-16(23)18)21(2)17(27)22(3)15(13)26/h4-7H,8H2,1-3H3,(H,19,25). The summed E-state index contributed by atoms with van der Waals surface area (Å²) in [5.74, 6) is -0.454. The largest absolute Gasteiger partial charge is 0.332 e. The second-order valence-corrected chi connectivity index (χ2v) is 6.74. The van der Waals surface area contributed by atoms with E-state index in [2.05, 4.69) is 26.2 Å². The smallest absolute Gasteiger partial charge is 0.325 e. The molecule has 0 saturated heterocycles. The number of imidazole rings is 1. The van der Waals surface area contributed by atoms with Crippen molar-refractivity contribution >= 4 is 44.5 Å². The number of nitrogens with one attached hydrogen (secondary N) is 1. The van der Waals surface area contributed by atoms with Crippen LogP contribution in [0, 0.1) is 0 Å². The molecule has 3 rings (SSSR count). The van der Waals surface area contributed by atoms with Gasteiger partial charge in [0.25, 0.3) is 5.56 Å². The van der Waals surface area contributed by atoms with Crippen molar-refractivity contribution in [2.24, 2.45) is 14.1 Å². The first-order valence-corrected chi connectivity index (χ1v) is 8.72. The predicted octanol–water partition coefficient (Wildman–Crippen LogP) is 1.04. The van der Waals surface area contributed by atoms with Crippen molar-refractivity contribution in [3.8, 4) is 0 Å². The molecule has 1 N–H and O–H groups in total. The normalized spacial score (nSPS) is 11.0. The van der Waals surface area contributed by atoms with Crippen LogP contribution in [0.2, 0.25) is 0 Å². The van der Waals surface area contributed by atoms with Gasteiger partial charge in [-0.05, 0) is 47.1 Å². The van der Waals surface area contributed by atoms with Crippen LogP contribution >= 0.6 is 15.9 Å². The summed E-state index contributed by atoms with van der Waals surface area (Å²) in [5.41, 5.74) is 0.360. The van der Waals surface area contributed by atoms with Crippen molar-refractivity contribution < 1.29 is 9.59 Å². The minimum absolute atomic E-state index is 0.0665. The molecule has 1 aromatic carbocycles. The van der Waals surface area contributed by atoms with Gasteiger partial charge in [0.05, 0.1) is 0 Å². The Morgan fingerprint density at radius 3 is 2.33 bits per heavy atom. The molecule has 0 unspecified atom stereocenters. The van der Waals surface area contributed by atoms with Crippen LogP contribution in [0.5, 0.6) is 0 Å². The molecule has 0 atom stereocenters. The fraction of sp³-hybridized carbons (Fsp3) is 0.235. The highest BCUT2D eigenvalue weighted by Crippen LogP contribution is 2.17. The lowest BCUT2D eigenvalue weighted by Gasteiger charge is -2.09. The van der Waals surface area contributed by atoms with Gasteiger partial charge in [-0.2, -0.15) is 0 Å². The number of hydrogen-bond donors (Lipinski definition) is 1. The number of fused-ring (bicyclic) bond motifs is 1. The van der Waals surface area contributed by atoms with Gasteiger partial charge in [0, 0.05) is 25.3 Å². The fourth-order valence-corrected chi connectivity index (χ4v) is 3.17. The first kappa shape index (κ1) is 18.8. The minimum Gasteiger partial charge on any atom is -0.325 e. The van der Waals surface area contributed by atoms with Crippen LogP contribution in [0.3, 0.4) is 0 Å². The Labute approximate surface area is 161 Å². The average molecular weight is 434 g/mol. The van der Waals surface area contributed by atoms with E-state index in [9.17, 15) is 19.2 Å². The second-order valence-electron chi connectivity index (χ2n) is 6.03. The number of carbonyl (C=O) groups excluding carboxylic acids is 2. The zero-order valence-electron chi connectivity index (χ0n) is 14.8. The van der Waals surface area contributed by atoms with Gasteiger partial charge in [0.2, 0.25) is 5.91 Å². The van der Waals surface area contributed by atoms with Crippen LogP contribution in [0.25, 0.3) is 11.2 Å². The zero-order valence-corrected chi connectivity index (χ0v) is 16.4. The van der Waals surface area contributed by atoms with Crippen LogP contribution in [0.4, 0.5) is 5.69 Å². The van der Waals surface area contributed by atoms with Gasteiger partial charge in [-0.15, -0.1) is 0 Å². The first-order chi connectivity index (χ1) is 12.7. The van der Waals surface area contributed by atoms with E-state index in [1.54, 1.807) is 24.3 Å². The lowest BCUT2D eigenvalue weighted by molar-refractivity contribution is -0.116. The van der Waals surface area contributed by atoms with Gasteiger partial charge in [0.1, 0.15) is 6.54 Å². The molecule has 10 heteroatoms. The highest BCUT2D eigenvalue weighted by molar-refractivity contribution is 9.10. The van der Waals surface area contributed by atoms with Crippen molar-refractivity contribution in [1.82, 2.24) is 18.7 Å². The van der Waals surface area contributed by atoms with E-state index in [0.717, 1.165) is 4.57 Å². The van der Waals surface area contributed by atoms with Crippen molar-refractivity contribution in [1.29, 1.82) is 0 Å². The number of Topliss-reactive ketones (excluding diaryl/α,β-unsaturated/α-hetero) is 1. The van der Waals surface area contributed by atoms with Gasteiger partial charge in [-0.3, -0.25) is 23.5 Å². The van der Waals surface area contributed by atoms with Crippen LogP contribution in [-0.2, 0) is 25.4 Å². The first-order valence-electron chi connectivity index (χ1n) is 7.93. The molecule has 9 nitrogen and oxygen atoms in total. The summed E-state index contributed by atoms with van der Waals surface area (Å²) in [6.07, 6.45) is 0. The number of anilines is 1. The predicted molar refractivity (Wildman–Crippen MR) is 103 cm³/mol. The quantitative estimate of drug-likeness (QED) is 0.488. The maximum Gasteiger partial charge on any atom is 0.332 e. The molecule has 0 fully saturated rings. The van der Waals surface area contributed by atoms with Crippen LogP contribution < -0.4 is 16.6 Å². The molecule has 3 aromatic rings. The Hall–Kier alpha value is -3.01. The van der Waals surface area contributed by atoms with E-state index in [0.29, 0.717) is 11.3 Å². The Morgan fingerprint density at radius 1 is 1.11 bits per heavy atom. The van der Waals surface area contributed by atoms with Gasteiger partial charge in [-0.1, -0.05) is 0 Å². The third-order valence-electron chi connectivity index (χ3n) is 4.18. The molecular weight excluding hydrogens is 418 g/mol. The number of benzene rings is 1. The summed E-state index contributed by atoms with van der Waals surface area (Å²) in [6, 6.07) is 6.48. The van der Waals surface area contributed by atoms with Crippen molar-refractivity contribution in [2.75, 3.05) is 5.32 Å². The van der Waals surface area contributed by atoms with Gasteiger partial charge >= 0.3 is 5.69 Å². The number of aryl methyl sites for hydroxylation is 1. The van der Waals surface area contributed by atoms with E-state index in [1.807, 2.05) is 0 Å². The Bertz CT molecular complexity index is 1190. The molecule has 0 spiro atoms. The van der Waals surface area contributed by atoms with Gasteiger partial charge < -0.3 is 9.88 Å². The van der Waals surface area contributed by atoms with Gasteiger partial charge in [-0.25, -0.2) is 9.78 Å². The van der Waals surface area contributed by atoms with E-state index in [1.165, 1.54) is 30.2 Å². The van der Waals surface area contributed by atoms with E-state index < -0.39 is 11.2 Å². The molecule has 1 amide bonds. The number of carbonyl (C=O) groups is 2. The van der Waals surface area contributed by atoms with Crippen LogP contribution in [0.1, 0.15) is 17.3 Å². The van der Waals surface area contributed by atoms with Crippen molar-refractivity contribution in [3.05, 3.63) is 55.4 Å². The molecule has 0 aliphatic heterocycles. The summed E-state index contributed by atoms with van der Waals surface area (Å²) in [4.78, 5) is 52.4. The third-order valence-corrected chi connectivity index (χ3v) is 4.78. The number of aromatic nitrogens is 4. The lowest BCUT2D eigenvalue weighted by Crippen LogP contribution is -2.37. The monoisotopic (exact) mass is 433 g/mol. The molecule has 0 aliphatic carbocycles. The molecular formula is C17H16BrN5O4. The second kappa shape index (κ2) is 6.95. The molecule has 2 heterocycles. The number of ketones is 1. The third kappa shape index (κ3) is 3.35. The van der Waals surface area contributed by atoms with Crippen LogP contribution in [0.15, 0.2) is 38.6 Å². The summed E-state index contributed by atoms with van der Waals surface area (Å²) < 4.78 is 3.87. The van der Waals surface area contributed by atoms with Gasteiger partial charge in [0.15, 0.2) is 21.7 Å². The van der Waals surface area contributed by atoms with E-state index in [4.69, 9.17) is 0 Å². The highest BCUT2D eigenvalue weighted by Gasteiger charge is 2.19. The summed E-state index contributed by atoms with van der Waals surface area (Å²) in [5, 5.41) is 2.70. The molecule has 140 valence electrons. The molecule has 0 aliphatic rings. The lowest BCUT2D eigenvalue weighted by atomic mass is 10.1. The maximum absolute atomic E-state index is 12.5. The Morgan fingerprint density at radius 2 is 1.74 bits per heavy atom. The van der Waals surface area contributed by atoms with E-state index in [-0.39, 0.29) is 34.1 Å². The molecule has 2 aromatic heterocycles. The summed E-state index contributed by atoms with van der Waals surface area (Å²) >= 11 is 3.24. The SMILES string of the molecule is CC(=O)c1ccc(NC(=O)Cn2c(Br)nc3c2c(=O)n(C)c(=O)n3C)cc1. The molecule has 0 radical (unpaired) electrons. The maximum atomic E-state index is 12.5. The van der Waals surface area contributed by atoms with Crippen molar-refractivity contribution in [3.63, 3.8) is 0 Å². The van der Waals surface area contributed by atoms with E-state index >= 15 is 0 Å². The van der Waals surface area contributed by atoms with Crippen LogP contribution in [-0.4, -0.2) is 30.4 Å². The number of halogens is 1. The number of amides is 1. The minimum atomic E-state index is -0.537. The topological polar surface area (TPSA) is 108 Å². The number of nitrogens with zero attached hydrogens (tertiary/aromatic N) is 4. The Balaban J connectivity index is 1.93. The summed E-state index contributed by atoms with van der Waals surface area (Å²) in [6.45, 7) is 1.28. The van der Waals surface area contributed by atoms with Crippen molar-refractivity contribution in [2.45, 2.75) is 13.5 Å². The fourth-order valence-electron chi connectivity index (χ4n) is 2.70. The molecule has 0 saturated carbocycles. The Kier molecular flexibility index (Phi) is 4.83.